The van der Waals surface area contributed by atoms with Crippen molar-refractivity contribution in [3.63, 3.8) is 0 Å². The quantitative estimate of drug-likeness (QED) is 0.401. The van der Waals surface area contributed by atoms with E-state index in [1.165, 1.54) is 37.7 Å². The monoisotopic (exact) mass is 494 g/mol. The Hall–Kier alpha value is -1.64. The van der Waals surface area contributed by atoms with E-state index in [9.17, 15) is 0 Å². The van der Waals surface area contributed by atoms with E-state index in [1.54, 1.807) is 0 Å². The van der Waals surface area contributed by atoms with Crippen molar-refractivity contribution in [1.29, 1.82) is 0 Å². The number of aryl methyl sites for hydroxylation is 1. The van der Waals surface area contributed by atoms with E-state index < -0.39 is 0 Å². The van der Waals surface area contributed by atoms with Gasteiger partial charge in [-0.05, 0) is 31.7 Å². The molecule has 6 nitrogen and oxygen atoms in total. The second-order valence-electron chi connectivity index (χ2n) is 7.83. The first kappa shape index (κ1) is 21.1. The Morgan fingerprint density at radius 1 is 1.14 bits per heavy atom. The lowest BCUT2D eigenvalue weighted by molar-refractivity contribution is 0.464. The van der Waals surface area contributed by atoms with Crippen LogP contribution in [-0.2, 0) is 13.6 Å². The third-order valence-electron chi connectivity index (χ3n) is 6.00. The number of halogens is 1. The van der Waals surface area contributed by atoms with Crippen molar-refractivity contribution in [1.82, 2.24) is 25.0 Å². The Morgan fingerprint density at radius 2 is 1.89 bits per heavy atom. The molecule has 1 N–H and O–H groups in total. The van der Waals surface area contributed by atoms with Gasteiger partial charge in [-0.1, -0.05) is 43.2 Å². The van der Waals surface area contributed by atoms with E-state index in [1.807, 2.05) is 18.5 Å². The maximum Gasteiger partial charge on any atom is 0.194 e. The summed E-state index contributed by atoms with van der Waals surface area (Å²) in [4.78, 5) is 7.38. The summed E-state index contributed by atoms with van der Waals surface area (Å²) in [5.41, 5.74) is 1.43. The van der Waals surface area contributed by atoms with Crippen LogP contribution in [0.15, 0.2) is 35.3 Å². The Balaban J connectivity index is 0.00000225. The zero-order chi connectivity index (χ0) is 18.6. The number of aliphatic imine (C=N–C) groups is 1. The molecule has 0 amide bonds. The summed E-state index contributed by atoms with van der Waals surface area (Å²) in [6.45, 7) is 4.62. The number of aromatic nitrogens is 3. The Labute approximate surface area is 184 Å². The van der Waals surface area contributed by atoms with Crippen molar-refractivity contribution in [2.24, 2.45) is 12.0 Å². The number of nitrogens with one attached hydrogen (secondary N) is 1. The molecule has 1 aromatic heterocycles. The first-order chi connectivity index (χ1) is 13.2. The molecule has 4 rings (SSSR count). The fraction of sp³-hybridized carbons (Fsp3) is 0.571. The van der Waals surface area contributed by atoms with Crippen LogP contribution in [0.5, 0.6) is 0 Å². The van der Waals surface area contributed by atoms with Crippen LogP contribution in [0.2, 0.25) is 0 Å². The molecule has 1 aliphatic carbocycles. The van der Waals surface area contributed by atoms with Crippen molar-refractivity contribution < 1.29 is 0 Å². The predicted octanol–water partition coefficient (Wildman–Crippen LogP) is 3.62. The molecule has 1 saturated carbocycles. The maximum absolute atomic E-state index is 4.95. The third kappa shape index (κ3) is 4.85. The van der Waals surface area contributed by atoms with Gasteiger partial charge in [0.15, 0.2) is 11.8 Å². The molecule has 0 spiro atoms. The smallest absolute Gasteiger partial charge is 0.194 e. The molecule has 2 heterocycles. The van der Waals surface area contributed by atoms with Crippen LogP contribution in [0, 0.1) is 6.92 Å². The summed E-state index contributed by atoms with van der Waals surface area (Å²) in [6.07, 6.45) is 6.31. The first-order valence-corrected chi connectivity index (χ1v) is 10.2. The van der Waals surface area contributed by atoms with Crippen molar-refractivity contribution in [3.8, 4) is 0 Å². The molecule has 28 heavy (non-hydrogen) atoms. The highest BCUT2D eigenvalue weighted by molar-refractivity contribution is 14.0. The number of benzene rings is 1. The largest absolute Gasteiger partial charge is 0.353 e. The topological polar surface area (TPSA) is 58.3 Å². The third-order valence-corrected chi connectivity index (χ3v) is 6.00. The van der Waals surface area contributed by atoms with Crippen LogP contribution < -0.4 is 5.32 Å². The van der Waals surface area contributed by atoms with Gasteiger partial charge in [0.2, 0.25) is 0 Å². The molecule has 2 aromatic rings. The van der Waals surface area contributed by atoms with Crippen molar-refractivity contribution in [2.75, 3.05) is 13.1 Å². The van der Waals surface area contributed by atoms with Crippen LogP contribution in [0.25, 0.3) is 0 Å². The molecule has 0 radical (unpaired) electrons. The molecule has 1 aromatic carbocycles. The summed E-state index contributed by atoms with van der Waals surface area (Å²) >= 11 is 0. The molecule has 0 bridgehead atoms. The van der Waals surface area contributed by atoms with Gasteiger partial charge in [0.25, 0.3) is 0 Å². The van der Waals surface area contributed by atoms with Crippen molar-refractivity contribution >= 4 is 29.9 Å². The normalized spacial score (nSPS) is 20.4. The molecule has 7 heteroatoms. The minimum atomic E-state index is 0. The van der Waals surface area contributed by atoms with Gasteiger partial charge >= 0.3 is 0 Å². The summed E-state index contributed by atoms with van der Waals surface area (Å²) in [5, 5.41) is 12.2. The molecule has 2 fully saturated rings. The second kappa shape index (κ2) is 9.71. The van der Waals surface area contributed by atoms with Crippen LogP contribution in [0.4, 0.5) is 0 Å². The molecule has 2 aliphatic rings. The van der Waals surface area contributed by atoms with Gasteiger partial charge in [-0.2, -0.15) is 0 Å². The van der Waals surface area contributed by atoms with E-state index in [4.69, 9.17) is 4.99 Å². The molecule has 1 atom stereocenters. The van der Waals surface area contributed by atoms with Crippen molar-refractivity contribution in [3.05, 3.63) is 47.5 Å². The van der Waals surface area contributed by atoms with Gasteiger partial charge in [-0.15, -0.1) is 34.2 Å². The van der Waals surface area contributed by atoms with E-state index >= 15 is 0 Å². The fourth-order valence-corrected chi connectivity index (χ4v) is 4.17. The van der Waals surface area contributed by atoms with E-state index in [0.29, 0.717) is 18.5 Å². The Bertz CT molecular complexity index is 781. The standard InChI is InChI=1S/C21H30N6.HI/c1-16-24-25-20(26(16)2)14-22-21(23-19-10-6-7-11-19)27-13-12-18(15-27)17-8-4-3-5-9-17;/h3-5,8-9,18-19H,6-7,10-15H2,1-2H3,(H,22,23);1H. The number of rotatable bonds is 4. The fourth-order valence-electron chi connectivity index (χ4n) is 4.17. The van der Waals surface area contributed by atoms with Crippen LogP contribution in [0.1, 0.15) is 55.2 Å². The van der Waals surface area contributed by atoms with E-state index in [-0.39, 0.29) is 24.0 Å². The van der Waals surface area contributed by atoms with Gasteiger partial charge in [-0.25, -0.2) is 4.99 Å². The lowest BCUT2D eigenvalue weighted by atomic mass is 9.99. The SMILES string of the molecule is Cc1nnc(CN=C(NC2CCCC2)N2CCC(c3ccccc3)C2)n1C.I. The van der Waals surface area contributed by atoms with Gasteiger partial charge in [0.05, 0.1) is 0 Å². The number of likely N-dealkylation sites (tertiary alicyclic amines) is 1. The number of guanidine groups is 1. The highest BCUT2D eigenvalue weighted by atomic mass is 127. The highest BCUT2D eigenvalue weighted by Crippen LogP contribution is 2.27. The second-order valence-corrected chi connectivity index (χ2v) is 7.83. The number of nitrogens with zero attached hydrogens (tertiary/aromatic N) is 5. The molecular formula is C21H31IN6. The van der Waals surface area contributed by atoms with Gasteiger partial charge < -0.3 is 14.8 Å². The summed E-state index contributed by atoms with van der Waals surface area (Å²) < 4.78 is 2.02. The summed E-state index contributed by atoms with van der Waals surface area (Å²) in [5.74, 6) is 3.47. The Kier molecular flexibility index (Phi) is 7.31. The van der Waals surface area contributed by atoms with Gasteiger partial charge in [-0.3, -0.25) is 0 Å². The number of hydrogen-bond donors (Lipinski definition) is 1. The minimum Gasteiger partial charge on any atom is -0.353 e. The lowest BCUT2D eigenvalue weighted by Gasteiger charge is -2.25. The summed E-state index contributed by atoms with van der Waals surface area (Å²) in [7, 11) is 2.01. The summed E-state index contributed by atoms with van der Waals surface area (Å²) in [6, 6.07) is 11.4. The Morgan fingerprint density at radius 3 is 2.57 bits per heavy atom. The van der Waals surface area contributed by atoms with Crippen LogP contribution in [-0.4, -0.2) is 44.8 Å². The average Bonchev–Trinajstić information content (AvgIpc) is 3.44. The van der Waals surface area contributed by atoms with Gasteiger partial charge in [0, 0.05) is 32.1 Å². The lowest BCUT2D eigenvalue weighted by Crippen LogP contribution is -2.44. The van der Waals surface area contributed by atoms with Crippen molar-refractivity contribution in [2.45, 2.75) is 57.5 Å². The first-order valence-electron chi connectivity index (χ1n) is 10.2. The van der Waals surface area contributed by atoms with E-state index in [2.05, 4.69) is 50.7 Å². The zero-order valence-electron chi connectivity index (χ0n) is 16.8. The molecule has 1 aliphatic heterocycles. The maximum atomic E-state index is 4.95. The minimum absolute atomic E-state index is 0. The van der Waals surface area contributed by atoms with E-state index in [0.717, 1.165) is 30.7 Å². The molecule has 1 saturated heterocycles. The zero-order valence-corrected chi connectivity index (χ0v) is 19.2. The van der Waals surface area contributed by atoms with Gasteiger partial charge in [0.1, 0.15) is 12.4 Å². The van der Waals surface area contributed by atoms with Crippen LogP contribution >= 0.6 is 24.0 Å². The predicted molar refractivity (Wildman–Crippen MR) is 123 cm³/mol. The molecule has 1 unspecified atom stereocenters. The number of hydrogen-bond acceptors (Lipinski definition) is 3. The van der Waals surface area contributed by atoms with Crippen LogP contribution in [0.3, 0.4) is 0 Å². The average molecular weight is 494 g/mol. The highest BCUT2D eigenvalue weighted by Gasteiger charge is 2.28. The molecular weight excluding hydrogens is 463 g/mol. The molecule has 152 valence electrons.